The van der Waals surface area contributed by atoms with Gasteiger partial charge in [-0.05, 0) is 12.8 Å². The van der Waals surface area contributed by atoms with Crippen molar-refractivity contribution in [3.63, 3.8) is 0 Å². The van der Waals surface area contributed by atoms with Gasteiger partial charge in [-0.15, -0.1) is 0 Å². The van der Waals surface area contributed by atoms with Crippen LogP contribution in [0, 0.1) is 5.92 Å². The van der Waals surface area contributed by atoms with Gasteiger partial charge in [0.2, 0.25) is 0 Å². The van der Waals surface area contributed by atoms with Crippen LogP contribution in [0.5, 0.6) is 0 Å². The van der Waals surface area contributed by atoms with E-state index in [0.29, 0.717) is 6.42 Å². The van der Waals surface area contributed by atoms with E-state index in [1.54, 1.807) is 0 Å². The third-order valence-corrected chi connectivity index (χ3v) is 3.71. The zero-order chi connectivity index (χ0) is 15.2. The number of carbonyl (C=O) groups is 1. The van der Waals surface area contributed by atoms with Gasteiger partial charge in [0.15, 0.2) is 0 Å². The molecule has 2 unspecified atom stereocenters. The van der Waals surface area contributed by atoms with Crippen LogP contribution < -0.4 is 0 Å². The summed E-state index contributed by atoms with van der Waals surface area (Å²) in [7, 11) is 1.37. The van der Waals surface area contributed by atoms with Gasteiger partial charge in [-0.25, -0.2) is 0 Å². The highest BCUT2D eigenvalue weighted by Crippen LogP contribution is 2.18. The van der Waals surface area contributed by atoms with Crippen LogP contribution in [0.25, 0.3) is 0 Å². The minimum absolute atomic E-state index is 0.277. The standard InChI is InChI=1S/C16H32O4/c1-3-4-5-6-7-8-9-10-11-14(16(19)20-2)12-15(18)13-17/h14-15,17-18H,3-13H2,1-2H3. The third-order valence-electron chi connectivity index (χ3n) is 3.71. The first-order valence-electron chi connectivity index (χ1n) is 8.02. The van der Waals surface area contributed by atoms with Crippen molar-refractivity contribution >= 4 is 5.97 Å². The summed E-state index contributed by atoms with van der Waals surface area (Å²) in [6.07, 6.45) is 9.99. The fourth-order valence-electron chi connectivity index (χ4n) is 2.43. The molecule has 0 fully saturated rings. The van der Waals surface area contributed by atoms with E-state index in [1.165, 1.54) is 45.6 Å². The molecule has 0 heterocycles. The molecule has 0 aromatic rings. The van der Waals surface area contributed by atoms with Crippen molar-refractivity contribution in [1.29, 1.82) is 0 Å². The molecule has 0 saturated carbocycles. The van der Waals surface area contributed by atoms with Gasteiger partial charge in [-0.3, -0.25) is 4.79 Å². The number of aliphatic hydroxyl groups excluding tert-OH is 2. The first-order valence-corrected chi connectivity index (χ1v) is 8.02. The van der Waals surface area contributed by atoms with Crippen molar-refractivity contribution < 1.29 is 19.7 Å². The summed E-state index contributed by atoms with van der Waals surface area (Å²) in [5.41, 5.74) is 0. The molecule has 0 amide bonds. The van der Waals surface area contributed by atoms with Crippen molar-refractivity contribution in [3.05, 3.63) is 0 Å². The molecule has 4 heteroatoms. The van der Waals surface area contributed by atoms with E-state index in [1.807, 2.05) is 0 Å². The number of rotatable bonds is 13. The second kappa shape index (κ2) is 13.4. The lowest BCUT2D eigenvalue weighted by Gasteiger charge is -2.17. The molecule has 0 spiro atoms. The highest BCUT2D eigenvalue weighted by Gasteiger charge is 2.21. The Kier molecular flexibility index (Phi) is 13.0. The number of methoxy groups -OCH3 is 1. The SMILES string of the molecule is CCCCCCCCCCC(CC(O)CO)C(=O)OC. The van der Waals surface area contributed by atoms with Crippen LogP contribution in [0.2, 0.25) is 0 Å². The Bertz CT molecular complexity index is 231. The van der Waals surface area contributed by atoms with Crippen LogP contribution >= 0.6 is 0 Å². The molecule has 0 aliphatic rings. The lowest BCUT2D eigenvalue weighted by Crippen LogP contribution is -2.24. The fraction of sp³-hybridized carbons (Fsp3) is 0.938. The molecule has 2 atom stereocenters. The van der Waals surface area contributed by atoms with Gasteiger partial charge in [0.25, 0.3) is 0 Å². The van der Waals surface area contributed by atoms with Gasteiger partial charge in [0.05, 0.1) is 25.7 Å². The Balaban J connectivity index is 3.71. The monoisotopic (exact) mass is 288 g/mol. The van der Waals surface area contributed by atoms with Gasteiger partial charge >= 0.3 is 5.97 Å². The van der Waals surface area contributed by atoms with E-state index in [4.69, 9.17) is 9.84 Å². The molecule has 0 aromatic heterocycles. The number of hydrogen-bond acceptors (Lipinski definition) is 4. The number of hydrogen-bond donors (Lipinski definition) is 2. The highest BCUT2D eigenvalue weighted by atomic mass is 16.5. The van der Waals surface area contributed by atoms with Crippen LogP contribution in [0.3, 0.4) is 0 Å². The molecule has 2 N–H and O–H groups in total. The molecule has 0 radical (unpaired) electrons. The molecule has 0 bridgehead atoms. The van der Waals surface area contributed by atoms with Gasteiger partial charge in [-0.1, -0.05) is 58.3 Å². The Hall–Kier alpha value is -0.610. The topological polar surface area (TPSA) is 66.8 Å². The van der Waals surface area contributed by atoms with Crippen LogP contribution in [0.4, 0.5) is 0 Å². The van der Waals surface area contributed by atoms with Crippen LogP contribution in [-0.4, -0.2) is 36.0 Å². The second-order valence-corrected chi connectivity index (χ2v) is 5.56. The van der Waals surface area contributed by atoms with E-state index >= 15 is 0 Å². The summed E-state index contributed by atoms with van der Waals surface area (Å²) in [5, 5.41) is 18.3. The van der Waals surface area contributed by atoms with Gasteiger partial charge in [0, 0.05) is 0 Å². The van der Waals surface area contributed by atoms with Crippen molar-refractivity contribution in [2.24, 2.45) is 5.92 Å². The van der Waals surface area contributed by atoms with Crippen molar-refractivity contribution in [3.8, 4) is 0 Å². The molecule has 120 valence electrons. The first-order chi connectivity index (χ1) is 9.65. The summed E-state index contributed by atoms with van der Waals surface area (Å²) in [4.78, 5) is 11.6. The van der Waals surface area contributed by atoms with E-state index in [2.05, 4.69) is 6.92 Å². The maximum atomic E-state index is 11.6. The Labute approximate surface area is 123 Å². The summed E-state index contributed by atoms with van der Waals surface area (Å²) in [6, 6.07) is 0. The molecule has 20 heavy (non-hydrogen) atoms. The lowest BCUT2D eigenvalue weighted by atomic mass is 9.94. The number of unbranched alkanes of at least 4 members (excludes halogenated alkanes) is 7. The van der Waals surface area contributed by atoms with E-state index in [9.17, 15) is 9.90 Å². The van der Waals surface area contributed by atoms with Crippen LogP contribution in [0.15, 0.2) is 0 Å². The van der Waals surface area contributed by atoms with Crippen LogP contribution in [0.1, 0.15) is 71.1 Å². The molecular formula is C16H32O4. The average molecular weight is 288 g/mol. The molecule has 0 saturated heterocycles. The molecule has 0 rings (SSSR count). The normalized spacial score (nSPS) is 14.0. The van der Waals surface area contributed by atoms with E-state index < -0.39 is 6.10 Å². The highest BCUT2D eigenvalue weighted by molar-refractivity contribution is 5.72. The quantitative estimate of drug-likeness (QED) is 0.404. The van der Waals surface area contributed by atoms with E-state index in [-0.39, 0.29) is 18.5 Å². The Morgan fingerprint density at radius 2 is 1.60 bits per heavy atom. The fourth-order valence-corrected chi connectivity index (χ4v) is 2.43. The largest absolute Gasteiger partial charge is 0.469 e. The maximum absolute atomic E-state index is 11.6. The molecule has 0 aromatic carbocycles. The minimum atomic E-state index is -0.826. The number of esters is 1. The summed E-state index contributed by atoms with van der Waals surface area (Å²) in [5.74, 6) is -0.567. The zero-order valence-electron chi connectivity index (χ0n) is 13.1. The molecule has 4 nitrogen and oxygen atoms in total. The number of carbonyl (C=O) groups excluding carboxylic acids is 1. The molecular weight excluding hydrogens is 256 g/mol. The maximum Gasteiger partial charge on any atom is 0.308 e. The Morgan fingerprint density at radius 1 is 1.05 bits per heavy atom. The third kappa shape index (κ3) is 10.2. The average Bonchev–Trinajstić information content (AvgIpc) is 2.47. The van der Waals surface area contributed by atoms with E-state index in [0.717, 1.165) is 19.3 Å². The first kappa shape index (κ1) is 19.4. The second-order valence-electron chi connectivity index (χ2n) is 5.56. The number of ether oxygens (including phenoxy) is 1. The van der Waals surface area contributed by atoms with Gasteiger partial charge < -0.3 is 14.9 Å². The van der Waals surface area contributed by atoms with Gasteiger partial charge in [0.1, 0.15) is 0 Å². The summed E-state index contributed by atoms with van der Waals surface area (Å²) < 4.78 is 4.75. The molecule has 0 aliphatic heterocycles. The lowest BCUT2D eigenvalue weighted by molar-refractivity contribution is -0.147. The predicted octanol–water partition coefficient (Wildman–Crippen LogP) is 3.05. The molecule has 0 aliphatic carbocycles. The van der Waals surface area contributed by atoms with Crippen LogP contribution in [-0.2, 0) is 9.53 Å². The van der Waals surface area contributed by atoms with Crippen molar-refractivity contribution in [1.82, 2.24) is 0 Å². The Morgan fingerprint density at radius 3 is 2.10 bits per heavy atom. The smallest absolute Gasteiger partial charge is 0.308 e. The van der Waals surface area contributed by atoms with Crippen molar-refractivity contribution in [2.75, 3.05) is 13.7 Å². The predicted molar refractivity (Wildman–Crippen MR) is 80.4 cm³/mol. The summed E-state index contributed by atoms with van der Waals surface area (Å²) >= 11 is 0. The van der Waals surface area contributed by atoms with Crippen molar-refractivity contribution in [2.45, 2.75) is 77.2 Å². The van der Waals surface area contributed by atoms with Gasteiger partial charge in [-0.2, -0.15) is 0 Å². The minimum Gasteiger partial charge on any atom is -0.469 e. The summed E-state index contributed by atoms with van der Waals surface area (Å²) in [6.45, 7) is 1.92. The zero-order valence-corrected chi connectivity index (χ0v) is 13.1. The number of aliphatic hydroxyl groups is 2.